The summed E-state index contributed by atoms with van der Waals surface area (Å²) in [6, 6.07) is 8.53. The Morgan fingerprint density at radius 3 is 2.95 bits per heavy atom. The molecule has 0 radical (unpaired) electrons. The van der Waals surface area contributed by atoms with E-state index in [1.54, 1.807) is 6.20 Å². The average molecular weight is 318 g/mol. The highest BCUT2D eigenvalue weighted by Gasteiger charge is 2.21. The van der Waals surface area contributed by atoms with E-state index >= 15 is 0 Å². The fourth-order valence-corrected chi connectivity index (χ4v) is 3.07. The summed E-state index contributed by atoms with van der Waals surface area (Å²) in [4.78, 5) is 6.79. The molecule has 1 aromatic heterocycles. The molecule has 0 saturated carbocycles. The summed E-state index contributed by atoms with van der Waals surface area (Å²) >= 11 is 3.63. The molecule has 1 aromatic carbocycles. The number of anilines is 3. The molecule has 3 nitrogen and oxygen atoms in total. The van der Waals surface area contributed by atoms with Crippen LogP contribution >= 0.6 is 15.9 Å². The lowest BCUT2D eigenvalue weighted by Gasteiger charge is -2.31. The van der Waals surface area contributed by atoms with Crippen LogP contribution in [0.2, 0.25) is 0 Å². The maximum absolute atomic E-state index is 5.90. The Kier molecular flexibility index (Phi) is 3.19. The van der Waals surface area contributed by atoms with E-state index < -0.39 is 0 Å². The molecule has 19 heavy (non-hydrogen) atoms. The summed E-state index contributed by atoms with van der Waals surface area (Å²) in [5.41, 5.74) is 10.3. The fraction of sp³-hybridized carbons (Fsp3) is 0.267. The standard InChI is InChI=1S/C15H16BrN3/c1-10-12(17)9-18-15(14(10)16)19-8-4-6-11-5-2-3-7-13(11)19/h2-3,5,7,9H,4,6,8,17H2,1H3. The van der Waals surface area contributed by atoms with Crippen LogP contribution in [0.15, 0.2) is 34.9 Å². The number of nitrogens with zero attached hydrogens (tertiary/aromatic N) is 2. The quantitative estimate of drug-likeness (QED) is 0.869. The number of para-hydroxylation sites is 1. The van der Waals surface area contributed by atoms with E-state index in [0.717, 1.165) is 40.9 Å². The van der Waals surface area contributed by atoms with Crippen molar-refractivity contribution in [3.05, 3.63) is 46.1 Å². The van der Waals surface area contributed by atoms with E-state index in [2.05, 4.69) is 50.1 Å². The second kappa shape index (κ2) is 4.85. The van der Waals surface area contributed by atoms with Crippen molar-refractivity contribution in [1.82, 2.24) is 4.98 Å². The van der Waals surface area contributed by atoms with Gasteiger partial charge in [0.2, 0.25) is 0 Å². The topological polar surface area (TPSA) is 42.1 Å². The Labute approximate surface area is 121 Å². The van der Waals surface area contributed by atoms with Crippen molar-refractivity contribution in [2.75, 3.05) is 17.2 Å². The first-order valence-electron chi connectivity index (χ1n) is 6.44. The van der Waals surface area contributed by atoms with Crippen LogP contribution in [0, 0.1) is 6.92 Å². The largest absolute Gasteiger partial charge is 0.397 e. The molecule has 2 aromatic rings. The predicted octanol–water partition coefficient (Wildman–Crippen LogP) is 3.82. The molecule has 0 unspecified atom stereocenters. The molecule has 3 rings (SSSR count). The zero-order chi connectivity index (χ0) is 13.4. The molecule has 0 fully saturated rings. The van der Waals surface area contributed by atoms with Gasteiger partial charge in [-0.15, -0.1) is 0 Å². The van der Waals surface area contributed by atoms with Gasteiger partial charge >= 0.3 is 0 Å². The maximum Gasteiger partial charge on any atom is 0.147 e. The van der Waals surface area contributed by atoms with Crippen molar-refractivity contribution in [2.45, 2.75) is 19.8 Å². The van der Waals surface area contributed by atoms with Gasteiger partial charge in [-0.3, -0.25) is 0 Å². The van der Waals surface area contributed by atoms with E-state index in [-0.39, 0.29) is 0 Å². The van der Waals surface area contributed by atoms with Crippen LogP contribution in [0.3, 0.4) is 0 Å². The molecular weight excluding hydrogens is 302 g/mol. The third-order valence-corrected chi connectivity index (χ3v) is 4.60. The van der Waals surface area contributed by atoms with Crippen LogP contribution in [0.4, 0.5) is 17.2 Å². The Hall–Kier alpha value is -1.55. The van der Waals surface area contributed by atoms with Gasteiger partial charge in [0.25, 0.3) is 0 Å². The van der Waals surface area contributed by atoms with Crippen molar-refractivity contribution < 1.29 is 0 Å². The summed E-state index contributed by atoms with van der Waals surface area (Å²) in [5, 5.41) is 0. The van der Waals surface area contributed by atoms with Gasteiger partial charge in [0, 0.05) is 12.2 Å². The summed E-state index contributed by atoms with van der Waals surface area (Å²) in [6.07, 6.45) is 4.03. The molecular formula is C15H16BrN3. The Morgan fingerprint density at radius 2 is 2.11 bits per heavy atom. The van der Waals surface area contributed by atoms with Crippen molar-refractivity contribution in [3.8, 4) is 0 Å². The van der Waals surface area contributed by atoms with Gasteiger partial charge in [0.1, 0.15) is 5.82 Å². The first-order chi connectivity index (χ1) is 9.18. The summed E-state index contributed by atoms with van der Waals surface area (Å²) in [5.74, 6) is 0.957. The highest BCUT2D eigenvalue weighted by atomic mass is 79.9. The number of pyridine rings is 1. The number of nitrogens with two attached hydrogens (primary N) is 1. The van der Waals surface area contributed by atoms with Crippen LogP contribution in [-0.4, -0.2) is 11.5 Å². The summed E-state index contributed by atoms with van der Waals surface area (Å²) < 4.78 is 0.990. The number of fused-ring (bicyclic) bond motifs is 1. The molecule has 4 heteroatoms. The van der Waals surface area contributed by atoms with Crippen LogP contribution in [0.1, 0.15) is 17.5 Å². The molecule has 0 amide bonds. The maximum atomic E-state index is 5.90. The second-order valence-corrected chi connectivity index (χ2v) is 5.65. The first-order valence-corrected chi connectivity index (χ1v) is 7.24. The van der Waals surface area contributed by atoms with Crippen LogP contribution in [0.25, 0.3) is 0 Å². The van der Waals surface area contributed by atoms with Crippen molar-refractivity contribution in [1.29, 1.82) is 0 Å². The average Bonchev–Trinajstić information content (AvgIpc) is 2.45. The van der Waals surface area contributed by atoms with Gasteiger partial charge in [-0.1, -0.05) is 18.2 Å². The van der Waals surface area contributed by atoms with Gasteiger partial charge in [-0.2, -0.15) is 0 Å². The number of halogens is 1. The molecule has 98 valence electrons. The number of aryl methyl sites for hydroxylation is 1. The number of rotatable bonds is 1. The van der Waals surface area contributed by atoms with Gasteiger partial charge in [-0.05, 0) is 52.9 Å². The molecule has 0 bridgehead atoms. The molecule has 2 heterocycles. The molecule has 0 atom stereocenters. The zero-order valence-corrected chi connectivity index (χ0v) is 12.4. The summed E-state index contributed by atoms with van der Waals surface area (Å²) in [6.45, 7) is 3.01. The number of aromatic nitrogens is 1. The minimum atomic E-state index is 0.723. The van der Waals surface area contributed by atoms with Crippen LogP contribution in [-0.2, 0) is 6.42 Å². The van der Waals surface area contributed by atoms with E-state index in [4.69, 9.17) is 5.73 Å². The van der Waals surface area contributed by atoms with Gasteiger partial charge < -0.3 is 10.6 Å². The number of nitrogen functional groups attached to an aromatic ring is 1. The third-order valence-electron chi connectivity index (χ3n) is 3.65. The normalized spacial score (nSPS) is 14.3. The summed E-state index contributed by atoms with van der Waals surface area (Å²) in [7, 11) is 0. The van der Waals surface area contributed by atoms with E-state index in [1.165, 1.54) is 11.3 Å². The molecule has 0 saturated heterocycles. The van der Waals surface area contributed by atoms with E-state index in [1.807, 2.05) is 6.92 Å². The minimum Gasteiger partial charge on any atom is -0.397 e. The molecule has 0 spiro atoms. The van der Waals surface area contributed by atoms with E-state index in [0.29, 0.717) is 0 Å². The van der Waals surface area contributed by atoms with Crippen LogP contribution < -0.4 is 10.6 Å². The van der Waals surface area contributed by atoms with Gasteiger partial charge in [0.15, 0.2) is 0 Å². The van der Waals surface area contributed by atoms with Crippen molar-refractivity contribution >= 4 is 33.1 Å². The van der Waals surface area contributed by atoms with Crippen LogP contribution in [0.5, 0.6) is 0 Å². The Morgan fingerprint density at radius 1 is 1.32 bits per heavy atom. The van der Waals surface area contributed by atoms with Crippen molar-refractivity contribution in [3.63, 3.8) is 0 Å². The monoisotopic (exact) mass is 317 g/mol. The Balaban J connectivity index is 2.12. The molecule has 0 aliphatic carbocycles. The second-order valence-electron chi connectivity index (χ2n) is 4.86. The van der Waals surface area contributed by atoms with Gasteiger partial charge in [0.05, 0.1) is 16.4 Å². The number of hydrogen-bond acceptors (Lipinski definition) is 3. The smallest absolute Gasteiger partial charge is 0.147 e. The molecule has 1 aliphatic rings. The third kappa shape index (κ3) is 2.10. The van der Waals surface area contributed by atoms with Crippen molar-refractivity contribution in [2.24, 2.45) is 0 Å². The highest BCUT2D eigenvalue weighted by molar-refractivity contribution is 9.10. The lowest BCUT2D eigenvalue weighted by Crippen LogP contribution is -2.25. The zero-order valence-electron chi connectivity index (χ0n) is 10.9. The SMILES string of the molecule is Cc1c(N)cnc(N2CCCc3ccccc32)c1Br. The Bertz CT molecular complexity index is 625. The van der Waals surface area contributed by atoms with E-state index in [9.17, 15) is 0 Å². The minimum absolute atomic E-state index is 0.723. The number of hydrogen-bond donors (Lipinski definition) is 1. The predicted molar refractivity (Wildman–Crippen MR) is 82.9 cm³/mol. The molecule has 2 N–H and O–H groups in total. The lowest BCUT2D eigenvalue weighted by atomic mass is 10.0. The number of benzene rings is 1. The fourth-order valence-electron chi connectivity index (χ4n) is 2.52. The first kappa shape index (κ1) is 12.5. The van der Waals surface area contributed by atoms with Gasteiger partial charge in [-0.25, -0.2) is 4.98 Å². The highest BCUT2D eigenvalue weighted by Crippen LogP contribution is 2.38. The lowest BCUT2D eigenvalue weighted by molar-refractivity contribution is 0.758. The molecule has 1 aliphatic heterocycles.